The van der Waals surface area contributed by atoms with E-state index in [1.165, 1.54) is 15.4 Å². The van der Waals surface area contributed by atoms with Crippen LogP contribution in [-0.2, 0) is 6.42 Å². The van der Waals surface area contributed by atoms with Crippen LogP contribution in [0.25, 0.3) is 0 Å². The number of nitrogens with zero attached hydrogens (tertiary/aromatic N) is 1. The van der Waals surface area contributed by atoms with Crippen molar-refractivity contribution in [3.05, 3.63) is 60.2 Å². The van der Waals surface area contributed by atoms with Crippen LogP contribution in [0.3, 0.4) is 0 Å². The summed E-state index contributed by atoms with van der Waals surface area (Å²) in [6.45, 7) is 1.08. The Kier molecular flexibility index (Phi) is 3.41. The maximum Gasteiger partial charge on any atom is 0.0388 e. The molecular weight excluding hydrogens is 246 g/mol. The van der Waals surface area contributed by atoms with E-state index in [4.69, 9.17) is 0 Å². The van der Waals surface area contributed by atoms with Crippen LogP contribution < -0.4 is 0 Å². The topological polar surface area (TPSA) is 3.24 Å². The van der Waals surface area contributed by atoms with E-state index in [1.807, 2.05) is 23.9 Å². The summed E-state index contributed by atoms with van der Waals surface area (Å²) in [6.07, 6.45) is 1.11. The second-order valence-electron chi connectivity index (χ2n) is 3.92. The molecule has 0 atom stereocenters. The van der Waals surface area contributed by atoms with Crippen LogP contribution in [0.15, 0.2) is 64.4 Å². The third kappa shape index (κ3) is 2.68. The summed E-state index contributed by atoms with van der Waals surface area (Å²) in [4.78, 5) is 2.76. The molecule has 86 valence electrons. The Morgan fingerprint density at radius 1 is 0.765 bits per heavy atom. The van der Waals surface area contributed by atoms with E-state index < -0.39 is 0 Å². The van der Waals surface area contributed by atoms with Crippen molar-refractivity contribution in [2.45, 2.75) is 16.2 Å². The molecule has 0 fully saturated rings. The minimum atomic E-state index is 1.08. The van der Waals surface area contributed by atoms with Gasteiger partial charge in [0, 0.05) is 16.3 Å². The van der Waals surface area contributed by atoms with Crippen molar-refractivity contribution in [2.75, 3.05) is 6.54 Å². The van der Waals surface area contributed by atoms with Gasteiger partial charge in [-0.1, -0.05) is 42.5 Å². The molecule has 3 heteroatoms. The first-order valence-corrected chi connectivity index (χ1v) is 7.23. The number of fused-ring (bicyclic) bond motifs is 1. The quantitative estimate of drug-likeness (QED) is 0.758. The summed E-state index contributed by atoms with van der Waals surface area (Å²) in [5.74, 6) is 0. The van der Waals surface area contributed by atoms with Gasteiger partial charge in [0.1, 0.15) is 0 Å². The highest BCUT2D eigenvalue weighted by atomic mass is 32.2. The molecule has 1 nitrogen and oxygen atoms in total. The third-order valence-corrected chi connectivity index (χ3v) is 5.13. The fourth-order valence-electron chi connectivity index (χ4n) is 1.80. The lowest BCUT2D eigenvalue weighted by Crippen LogP contribution is -2.07. The Balaban J connectivity index is 1.59. The summed E-state index contributed by atoms with van der Waals surface area (Å²) >= 11 is 3.70. The van der Waals surface area contributed by atoms with Crippen molar-refractivity contribution in [3.8, 4) is 0 Å². The number of rotatable bonds is 3. The highest BCUT2D eigenvalue weighted by Crippen LogP contribution is 2.45. The molecule has 3 rings (SSSR count). The molecule has 0 N–H and O–H groups in total. The predicted molar refractivity (Wildman–Crippen MR) is 75.0 cm³/mol. The zero-order valence-corrected chi connectivity index (χ0v) is 11.0. The van der Waals surface area contributed by atoms with Gasteiger partial charge in [0.2, 0.25) is 0 Å². The van der Waals surface area contributed by atoms with Crippen molar-refractivity contribution in [1.82, 2.24) is 3.71 Å². The monoisotopic (exact) mass is 259 g/mol. The largest absolute Gasteiger partial charge is 0.185 e. The zero-order valence-electron chi connectivity index (χ0n) is 9.37. The van der Waals surface area contributed by atoms with E-state index in [-0.39, 0.29) is 0 Å². The van der Waals surface area contributed by atoms with Crippen molar-refractivity contribution >= 4 is 23.9 Å². The molecular formula is C14H13NS2. The van der Waals surface area contributed by atoms with Crippen LogP contribution >= 0.6 is 23.9 Å². The van der Waals surface area contributed by atoms with E-state index in [0.29, 0.717) is 0 Å². The normalized spacial score (nSPS) is 14.8. The van der Waals surface area contributed by atoms with Gasteiger partial charge in [-0.15, -0.1) is 0 Å². The van der Waals surface area contributed by atoms with Gasteiger partial charge in [0.15, 0.2) is 0 Å². The molecule has 2 aromatic carbocycles. The smallest absolute Gasteiger partial charge is 0.0388 e. The molecule has 0 saturated heterocycles. The molecule has 0 bridgehead atoms. The lowest BCUT2D eigenvalue weighted by atomic mass is 10.2. The molecule has 1 aliphatic heterocycles. The summed E-state index contributed by atoms with van der Waals surface area (Å²) in [6, 6.07) is 19.3. The minimum Gasteiger partial charge on any atom is -0.185 e. The summed E-state index contributed by atoms with van der Waals surface area (Å²) in [5.41, 5.74) is 1.41. The summed E-state index contributed by atoms with van der Waals surface area (Å²) in [7, 11) is 0. The Hall–Kier alpha value is -0.900. The molecule has 0 unspecified atom stereocenters. The van der Waals surface area contributed by atoms with E-state index in [0.717, 1.165) is 13.0 Å². The van der Waals surface area contributed by atoms with Gasteiger partial charge in [-0.2, -0.15) is 3.71 Å². The molecule has 1 aliphatic rings. The Morgan fingerprint density at radius 3 is 2.00 bits per heavy atom. The van der Waals surface area contributed by atoms with Crippen LogP contribution in [0.1, 0.15) is 5.56 Å². The number of benzene rings is 2. The van der Waals surface area contributed by atoms with Crippen molar-refractivity contribution in [2.24, 2.45) is 0 Å². The highest BCUT2D eigenvalue weighted by Gasteiger charge is 2.19. The molecule has 0 spiro atoms. The van der Waals surface area contributed by atoms with Crippen LogP contribution in [0, 0.1) is 0 Å². The maximum atomic E-state index is 2.36. The molecule has 0 amide bonds. The predicted octanol–water partition coefficient (Wildman–Crippen LogP) is 4.26. The van der Waals surface area contributed by atoms with Crippen molar-refractivity contribution < 1.29 is 0 Å². The second-order valence-corrected chi connectivity index (χ2v) is 6.28. The first-order valence-electron chi connectivity index (χ1n) is 5.68. The third-order valence-electron chi connectivity index (χ3n) is 2.68. The second kappa shape index (κ2) is 5.17. The average Bonchev–Trinajstić information content (AvgIpc) is 2.80. The molecule has 0 aliphatic carbocycles. The van der Waals surface area contributed by atoms with Crippen LogP contribution in [0.5, 0.6) is 0 Å². The molecule has 0 aromatic heterocycles. The minimum absolute atomic E-state index is 1.08. The lowest BCUT2D eigenvalue weighted by Gasteiger charge is -2.11. The van der Waals surface area contributed by atoms with Gasteiger partial charge < -0.3 is 0 Å². The SMILES string of the molecule is c1ccc(CCN2Sc3ccccc3S2)cc1. The summed E-state index contributed by atoms with van der Waals surface area (Å²) < 4.78 is 2.36. The standard InChI is InChI=1S/C14H13NS2/c1-2-6-12(7-3-1)10-11-15-16-13-8-4-5-9-14(13)17-15/h1-9H,10-11H2. The molecule has 0 saturated carbocycles. The van der Waals surface area contributed by atoms with E-state index in [2.05, 4.69) is 58.3 Å². The Morgan fingerprint density at radius 2 is 1.35 bits per heavy atom. The molecule has 17 heavy (non-hydrogen) atoms. The first-order chi connectivity index (χ1) is 8.42. The molecule has 0 radical (unpaired) electrons. The van der Waals surface area contributed by atoms with Gasteiger partial charge in [-0.3, -0.25) is 0 Å². The Bertz CT molecular complexity index is 474. The highest BCUT2D eigenvalue weighted by molar-refractivity contribution is 8.14. The Labute approximate surface area is 110 Å². The fraction of sp³-hybridized carbons (Fsp3) is 0.143. The van der Waals surface area contributed by atoms with E-state index in [1.54, 1.807) is 0 Å². The van der Waals surface area contributed by atoms with Gasteiger partial charge >= 0.3 is 0 Å². The van der Waals surface area contributed by atoms with Crippen molar-refractivity contribution in [1.29, 1.82) is 0 Å². The van der Waals surface area contributed by atoms with E-state index in [9.17, 15) is 0 Å². The first kappa shape index (κ1) is 11.2. The van der Waals surface area contributed by atoms with Gasteiger partial charge in [-0.05, 0) is 48.0 Å². The van der Waals surface area contributed by atoms with Gasteiger partial charge in [0.25, 0.3) is 0 Å². The van der Waals surface area contributed by atoms with Crippen LogP contribution in [0.4, 0.5) is 0 Å². The fourth-order valence-corrected chi connectivity index (χ4v) is 4.05. The molecule has 2 aromatic rings. The number of hydrogen-bond donors (Lipinski definition) is 0. The van der Waals surface area contributed by atoms with Crippen molar-refractivity contribution in [3.63, 3.8) is 0 Å². The summed E-state index contributed by atoms with van der Waals surface area (Å²) in [5, 5.41) is 0. The zero-order chi connectivity index (χ0) is 11.5. The van der Waals surface area contributed by atoms with E-state index >= 15 is 0 Å². The number of hydrogen-bond acceptors (Lipinski definition) is 3. The van der Waals surface area contributed by atoms with Gasteiger partial charge in [-0.25, -0.2) is 0 Å². The average molecular weight is 259 g/mol. The van der Waals surface area contributed by atoms with Crippen LogP contribution in [-0.4, -0.2) is 10.3 Å². The van der Waals surface area contributed by atoms with Gasteiger partial charge in [0.05, 0.1) is 0 Å². The maximum absolute atomic E-state index is 2.36. The lowest BCUT2D eigenvalue weighted by molar-refractivity contribution is 0.732. The molecule has 1 heterocycles. The van der Waals surface area contributed by atoms with Crippen LogP contribution in [0.2, 0.25) is 0 Å².